The number of nitrogens with zero attached hydrogens (tertiary/aromatic N) is 2. The summed E-state index contributed by atoms with van der Waals surface area (Å²) in [5.74, 6) is 2.07. The van der Waals surface area contributed by atoms with Crippen molar-refractivity contribution in [3.05, 3.63) is 104 Å². The minimum absolute atomic E-state index is 0.217. The average Bonchev–Trinajstić information content (AvgIpc) is 3.82. The van der Waals surface area contributed by atoms with E-state index >= 15 is 0 Å². The number of aryl methyl sites for hydroxylation is 4. The molecule has 0 amide bonds. The third-order valence-electron chi connectivity index (χ3n) is 10.6. The number of benzene rings is 4. The van der Waals surface area contributed by atoms with Crippen molar-refractivity contribution < 1.29 is 9.47 Å². The van der Waals surface area contributed by atoms with E-state index in [2.05, 4.69) is 103 Å². The van der Waals surface area contributed by atoms with Crippen LogP contribution in [0.2, 0.25) is 10.0 Å². The maximum atomic E-state index is 6.45. The molecule has 4 aromatic rings. The van der Waals surface area contributed by atoms with Crippen LogP contribution in [0.15, 0.2) is 60.7 Å². The number of fused-ring (bicyclic) bond motifs is 2. The van der Waals surface area contributed by atoms with Crippen molar-refractivity contribution in [3.8, 4) is 33.8 Å². The number of hydrogen-bond donors (Lipinski definition) is 1. The predicted octanol–water partition coefficient (Wildman–Crippen LogP) is 8.86. The summed E-state index contributed by atoms with van der Waals surface area (Å²) >= 11 is 12.9. The van der Waals surface area contributed by atoms with Crippen molar-refractivity contribution in [3.63, 3.8) is 0 Å². The second-order valence-corrected chi connectivity index (χ2v) is 15.2. The molecule has 0 bridgehead atoms. The van der Waals surface area contributed by atoms with Crippen LogP contribution in [0.3, 0.4) is 0 Å². The Morgan fingerprint density at radius 3 is 1.45 bits per heavy atom. The molecule has 5 nitrogen and oxygen atoms in total. The molecule has 49 heavy (non-hydrogen) atoms. The Kier molecular flexibility index (Phi) is 10.6. The van der Waals surface area contributed by atoms with Gasteiger partial charge in [-0.15, -0.1) is 0 Å². The van der Waals surface area contributed by atoms with Crippen molar-refractivity contribution in [2.75, 3.05) is 52.4 Å². The fourth-order valence-electron chi connectivity index (χ4n) is 8.28. The minimum atomic E-state index is 0.217. The van der Waals surface area contributed by atoms with Crippen LogP contribution >= 0.6 is 23.2 Å². The van der Waals surface area contributed by atoms with Gasteiger partial charge in [0.25, 0.3) is 0 Å². The number of ether oxygens (including phenoxy) is 2. The molecular weight excluding hydrogens is 649 g/mol. The second kappa shape index (κ2) is 15.0. The number of piperazine rings is 1. The Labute approximate surface area is 302 Å². The maximum Gasteiger partial charge on any atom is 0.131 e. The zero-order valence-electron chi connectivity index (χ0n) is 29.4. The molecule has 0 saturated carbocycles. The van der Waals surface area contributed by atoms with E-state index in [-0.39, 0.29) is 12.2 Å². The van der Waals surface area contributed by atoms with Gasteiger partial charge in [-0.25, -0.2) is 0 Å². The highest BCUT2D eigenvalue weighted by Crippen LogP contribution is 2.45. The molecule has 4 heterocycles. The first-order chi connectivity index (χ1) is 23.7. The van der Waals surface area contributed by atoms with Gasteiger partial charge in [-0.3, -0.25) is 9.80 Å². The smallest absolute Gasteiger partial charge is 0.131 e. The maximum absolute atomic E-state index is 6.45. The van der Waals surface area contributed by atoms with Crippen molar-refractivity contribution in [1.29, 1.82) is 0 Å². The molecule has 0 radical (unpaired) electrons. The van der Waals surface area contributed by atoms with E-state index < -0.39 is 0 Å². The highest BCUT2D eigenvalue weighted by molar-refractivity contribution is 6.31. The molecule has 0 aromatic heterocycles. The van der Waals surface area contributed by atoms with E-state index in [9.17, 15) is 0 Å². The first-order valence-electron chi connectivity index (χ1n) is 18.0. The molecule has 7 heteroatoms. The zero-order chi connectivity index (χ0) is 34.1. The summed E-state index contributed by atoms with van der Waals surface area (Å²) in [5.41, 5.74) is 12.4. The Hall–Kier alpha value is -3.06. The molecule has 8 rings (SSSR count). The standard InChI is InChI=1S/C21H25ClN2O.C21H24ClNO/c1-14-4-3-5-15(2)20(14)19-12-17(22)10-16-11-18(25-21(16)19)13-24-8-6-23-7-9-24;1-14-6-5-7-15(2)20(14)19-12-17(22)10-16-11-18(24-21(16)19)13-23-8-3-4-9-23/h3-5,10,12,18,23H,6-9,11,13H2,1-2H3;5-7,10,12,18H,3-4,8-9,11,13H2,1-2H3. The fourth-order valence-corrected chi connectivity index (χ4v) is 8.76. The molecule has 4 aromatic carbocycles. The summed E-state index contributed by atoms with van der Waals surface area (Å²) in [5, 5.41) is 5.00. The summed E-state index contributed by atoms with van der Waals surface area (Å²) in [6.07, 6.45) is 5.01. The van der Waals surface area contributed by atoms with E-state index in [1.54, 1.807) is 0 Å². The van der Waals surface area contributed by atoms with E-state index in [0.717, 1.165) is 84.8 Å². The number of nitrogens with one attached hydrogen (secondary N) is 1. The van der Waals surface area contributed by atoms with E-state index in [4.69, 9.17) is 32.7 Å². The molecule has 4 aliphatic heterocycles. The lowest BCUT2D eigenvalue weighted by Gasteiger charge is -2.29. The van der Waals surface area contributed by atoms with Crippen molar-refractivity contribution >= 4 is 23.2 Å². The molecule has 258 valence electrons. The normalized spacial score (nSPS) is 20.3. The highest BCUT2D eigenvalue weighted by atomic mass is 35.5. The molecule has 1 N–H and O–H groups in total. The molecule has 2 unspecified atom stereocenters. The molecule has 4 aliphatic rings. The molecule has 0 aliphatic carbocycles. The summed E-state index contributed by atoms with van der Waals surface area (Å²) in [6, 6.07) is 21.1. The van der Waals surface area contributed by atoms with Crippen LogP contribution in [0.25, 0.3) is 22.3 Å². The summed E-state index contributed by atoms with van der Waals surface area (Å²) in [4.78, 5) is 5.02. The summed E-state index contributed by atoms with van der Waals surface area (Å²) in [6.45, 7) is 17.4. The number of hydrogen-bond acceptors (Lipinski definition) is 5. The van der Waals surface area contributed by atoms with Gasteiger partial charge in [0, 0.05) is 73.3 Å². The largest absolute Gasteiger partial charge is 0.488 e. The molecular formula is C42H49Cl2N3O2. The molecule has 2 fully saturated rings. The first kappa shape index (κ1) is 34.4. The Balaban J connectivity index is 0.000000154. The van der Waals surface area contributed by atoms with Crippen molar-refractivity contribution in [2.45, 2.75) is 65.6 Å². The Bertz CT molecular complexity index is 1770. The van der Waals surface area contributed by atoms with Crippen LogP contribution in [-0.2, 0) is 12.8 Å². The number of halogens is 2. The van der Waals surface area contributed by atoms with E-state index in [0.29, 0.717) is 0 Å². The summed E-state index contributed by atoms with van der Waals surface area (Å²) < 4.78 is 12.9. The van der Waals surface area contributed by atoms with Crippen LogP contribution in [0.5, 0.6) is 11.5 Å². The average molecular weight is 699 g/mol. The van der Waals surface area contributed by atoms with E-state index in [1.807, 2.05) is 0 Å². The lowest BCUT2D eigenvalue weighted by atomic mass is 9.93. The monoisotopic (exact) mass is 697 g/mol. The van der Waals surface area contributed by atoms with Gasteiger partial charge in [-0.2, -0.15) is 0 Å². The zero-order valence-corrected chi connectivity index (χ0v) is 30.9. The number of likely N-dealkylation sites (tertiary alicyclic amines) is 1. The second-order valence-electron chi connectivity index (χ2n) is 14.4. The summed E-state index contributed by atoms with van der Waals surface area (Å²) in [7, 11) is 0. The molecule has 0 spiro atoms. The van der Waals surface area contributed by atoms with Gasteiger partial charge < -0.3 is 14.8 Å². The van der Waals surface area contributed by atoms with Gasteiger partial charge in [0.05, 0.1) is 0 Å². The lowest BCUT2D eigenvalue weighted by Crippen LogP contribution is -2.47. The lowest BCUT2D eigenvalue weighted by molar-refractivity contribution is 0.140. The Morgan fingerprint density at radius 1 is 0.612 bits per heavy atom. The predicted molar refractivity (Wildman–Crippen MR) is 204 cm³/mol. The SMILES string of the molecule is Cc1cccc(C)c1-c1cc(Cl)cc2c1OC(CN1CCCC1)C2.Cc1cccc(C)c1-c1cc(Cl)cc2c1OC(CN1CCNCC1)C2. The minimum Gasteiger partial charge on any atom is -0.488 e. The van der Waals surface area contributed by atoms with Crippen LogP contribution in [0, 0.1) is 27.7 Å². The van der Waals surface area contributed by atoms with Gasteiger partial charge >= 0.3 is 0 Å². The van der Waals surface area contributed by atoms with Gasteiger partial charge in [0.2, 0.25) is 0 Å². The highest BCUT2D eigenvalue weighted by Gasteiger charge is 2.31. The van der Waals surface area contributed by atoms with Crippen LogP contribution in [0.1, 0.15) is 46.2 Å². The third-order valence-corrected chi connectivity index (χ3v) is 11.0. The molecule has 2 atom stereocenters. The Morgan fingerprint density at radius 2 is 1.02 bits per heavy atom. The van der Waals surface area contributed by atoms with Gasteiger partial charge in [-0.05, 0) is 122 Å². The van der Waals surface area contributed by atoms with Crippen molar-refractivity contribution in [1.82, 2.24) is 15.1 Å². The van der Waals surface area contributed by atoms with Gasteiger partial charge in [0.1, 0.15) is 23.7 Å². The van der Waals surface area contributed by atoms with Crippen LogP contribution < -0.4 is 14.8 Å². The van der Waals surface area contributed by atoms with Crippen molar-refractivity contribution in [2.24, 2.45) is 0 Å². The van der Waals surface area contributed by atoms with E-state index in [1.165, 1.54) is 70.4 Å². The third kappa shape index (κ3) is 7.67. The first-order valence-corrected chi connectivity index (χ1v) is 18.8. The van der Waals surface area contributed by atoms with Crippen LogP contribution in [-0.4, -0.2) is 74.4 Å². The molecule has 2 saturated heterocycles. The number of rotatable bonds is 6. The quantitative estimate of drug-likeness (QED) is 0.218. The topological polar surface area (TPSA) is 37.0 Å². The fraction of sp³-hybridized carbons (Fsp3) is 0.429. The van der Waals surface area contributed by atoms with Crippen LogP contribution in [0.4, 0.5) is 0 Å². The van der Waals surface area contributed by atoms with Gasteiger partial charge in [0.15, 0.2) is 0 Å². The van der Waals surface area contributed by atoms with Gasteiger partial charge in [-0.1, -0.05) is 59.6 Å².